The Labute approximate surface area is 141 Å². The number of carboxylic acids is 1. The highest BCUT2D eigenvalue weighted by molar-refractivity contribution is 5.85. The first-order valence-corrected chi connectivity index (χ1v) is 8.12. The third-order valence-electron chi connectivity index (χ3n) is 3.96. The summed E-state index contributed by atoms with van der Waals surface area (Å²) < 4.78 is 0. The molecule has 1 aliphatic heterocycles. The lowest BCUT2D eigenvalue weighted by atomic mass is 10.1. The van der Waals surface area contributed by atoms with Crippen molar-refractivity contribution >= 4 is 17.9 Å². The molecule has 1 aromatic rings. The molecule has 0 saturated carbocycles. The number of carbonyl (C=O) groups excluding carboxylic acids is 2. The largest absolute Gasteiger partial charge is 0.481 e. The molecule has 2 N–H and O–H groups in total. The third-order valence-corrected chi connectivity index (χ3v) is 3.96. The Morgan fingerprint density at radius 2 is 1.92 bits per heavy atom. The summed E-state index contributed by atoms with van der Waals surface area (Å²) in [4.78, 5) is 37.8. The number of nitrogens with zero attached hydrogens (tertiary/aromatic N) is 2. The van der Waals surface area contributed by atoms with E-state index in [1.807, 2.05) is 30.3 Å². The molecule has 0 aliphatic carbocycles. The van der Waals surface area contributed by atoms with E-state index < -0.39 is 5.97 Å². The molecule has 0 aromatic heterocycles. The van der Waals surface area contributed by atoms with E-state index in [4.69, 9.17) is 5.11 Å². The standard InChI is InChI=1S/C17H23N3O4/c21-15-13-20(17(24)18-9-4-7-16(22)23)12-11-19(15)10-8-14-5-2-1-3-6-14/h1-3,5-6H,4,7-13H2,(H,18,24)(H,22,23). The molecule has 0 unspecified atom stereocenters. The van der Waals surface area contributed by atoms with Gasteiger partial charge < -0.3 is 20.2 Å². The van der Waals surface area contributed by atoms with Crippen LogP contribution in [0.15, 0.2) is 30.3 Å². The highest BCUT2D eigenvalue weighted by atomic mass is 16.4. The van der Waals surface area contributed by atoms with Crippen molar-refractivity contribution in [2.24, 2.45) is 0 Å². The van der Waals surface area contributed by atoms with Gasteiger partial charge in [-0.2, -0.15) is 0 Å². The van der Waals surface area contributed by atoms with Crippen LogP contribution in [0.25, 0.3) is 0 Å². The normalized spacial score (nSPS) is 14.6. The van der Waals surface area contributed by atoms with Crippen molar-refractivity contribution in [3.8, 4) is 0 Å². The molecule has 1 aromatic carbocycles. The molecule has 0 radical (unpaired) electrons. The van der Waals surface area contributed by atoms with Crippen LogP contribution in [0.4, 0.5) is 4.79 Å². The van der Waals surface area contributed by atoms with Crippen LogP contribution < -0.4 is 5.32 Å². The predicted molar refractivity (Wildman–Crippen MR) is 88.6 cm³/mol. The second kappa shape index (κ2) is 8.90. The average molecular weight is 333 g/mol. The third kappa shape index (κ3) is 5.57. The lowest BCUT2D eigenvalue weighted by molar-refractivity contribution is -0.137. The quantitative estimate of drug-likeness (QED) is 0.727. The van der Waals surface area contributed by atoms with Gasteiger partial charge in [-0.15, -0.1) is 0 Å². The molecule has 1 saturated heterocycles. The first-order chi connectivity index (χ1) is 11.6. The van der Waals surface area contributed by atoms with Gasteiger partial charge in [0.15, 0.2) is 0 Å². The maximum absolute atomic E-state index is 12.2. The van der Waals surface area contributed by atoms with Crippen LogP contribution in [0, 0.1) is 0 Å². The number of benzene rings is 1. The summed E-state index contributed by atoms with van der Waals surface area (Å²) in [7, 11) is 0. The fourth-order valence-electron chi connectivity index (χ4n) is 2.57. The molecular formula is C17H23N3O4. The zero-order valence-electron chi connectivity index (χ0n) is 13.6. The highest BCUT2D eigenvalue weighted by Crippen LogP contribution is 2.07. The molecule has 0 spiro atoms. The van der Waals surface area contributed by atoms with Crippen LogP contribution in [0.1, 0.15) is 18.4 Å². The van der Waals surface area contributed by atoms with Crippen molar-refractivity contribution in [3.05, 3.63) is 35.9 Å². The van der Waals surface area contributed by atoms with Gasteiger partial charge in [-0.1, -0.05) is 30.3 Å². The van der Waals surface area contributed by atoms with Crippen LogP contribution in [0.5, 0.6) is 0 Å². The van der Waals surface area contributed by atoms with Crippen LogP contribution in [-0.2, 0) is 16.0 Å². The summed E-state index contributed by atoms with van der Waals surface area (Å²) in [6.45, 7) is 2.03. The number of nitrogens with one attached hydrogen (secondary N) is 1. The Kier molecular flexibility index (Phi) is 6.60. The van der Waals surface area contributed by atoms with Gasteiger partial charge in [0.05, 0.1) is 0 Å². The number of hydrogen-bond donors (Lipinski definition) is 2. The van der Waals surface area contributed by atoms with E-state index in [-0.39, 0.29) is 24.9 Å². The average Bonchev–Trinajstić information content (AvgIpc) is 2.58. The summed E-state index contributed by atoms with van der Waals surface area (Å²) in [6, 6.07) is 9.67. The van der Waals surface area contributed by atoms with Gasteiger partial charge in [0, 0.05) is 32.6 Å². The molecule has 1 heterocycles. The minimum absolute atomic E-state index is 0.0203. The number of urea groups is 1. The number of aliphatic carboxylic acids is 1. The van der Waals surface area contributed by atoms with Gasteiger partial charge in [-0.05, 0) is 18.4 Å². The summed E-state index contributed by atoms with van der Waals surface area (Å²) in [6.07, 6.45) is 1.20. The maximum atomic E-state index is 12.2. The number of amides is 3. The predicted octanol–water partition coefficient (Wildman–Crippen LogP) is 0.948. The van der Waals surface area contributed by atoms with Gasteiger partial charge in [0.2, 0.25) is 5.91 Å². The molecule has 130 valence electrons. The molecule has 7 nitrogen and oxygen atoms in total. The van der Waals surface area contributed by atoms with Gasteiger partial charge in [0.1, 0.15) is 6.54 Å². The summed E-state index contributed by atoms with van der Waals surface area (Å²) >= 11 is 0. The zero-order valence-corrected chi connectivity index (χ0v) is 13.6. The minimum atomic E-state index is -0.883. The van der Waals surface area contributed by atoms with E-state index >= 15 is 0 Å². The first-order valence-electron chi connectivity index (χ1n) is 8.12. The van der Waals surface area contributed by atoms with Crippen molar-refractivity contribution in [1.82, 2.24) is 15.1 Å². The molecule has 7 heteroatoms. The fraction of sp³-hybridized carbons (Fsp3) is 0.471. The van der Waals surface area contributed by atoms with E-state index in [1.165, 1.54) is 10.5 Å². The van der Waals surface area contributed by atoms with Gasteiger partial charge in [-0.3, -0.25) is 9.59 Å². The van der Waals surface area contributed by atoms with E-state index in [9.17, 15) is 14.4 Å². The zero-order chi connectivity index (χ0) is 17.4. The summed E-state index contributed by atoms with van der Waals surface area (Å²) in [5, 5.41) is 11.2. The fourth-order valence-corrected chi connectivity index (χ4v) is 2.57. The van der Waals surface area contributed by atoms with Crippen molar-refractivity contribution in [2.45, 2.75) is 19.3 Å². The molecule has 0 atom stereocenters. The second-order valence-corrected chi connectivity index (χ2v) is 5.77. The number of rotatable bonds is 7. The van der Waals surface area contributed by atoms with Crippen molar-refractivity contribution in [2.75, 3.05) is 32.7 Å². The van der Waals surface area contributed by atoms with Gasteiger partial charge in [-0.25, -0.2) is 4.79 Å². The monoisotopic (exact) mass is 333 g/mol. The molecule has 1 fully saturated rings. The van der Waals surface area contributed by atoms with Gasteiger partial charge in [0.25, 0.3) is 0 Å². The number of carboxylic acid groups (broad SMARTS) is 1. The molecule has 3 amide bonds. The van der Waals surface area contributed by atoms with Gasteiger partial charge >= 0.3 is 12.0 Å². The van der Waals surface area contributed by atoms with E-state index in [1.54, 1.807) is 4.90 Å². The number of piperazine rings is 1. The SMILES string of the molecule is O=C(O)CCCNC(=O)N1CCN(CCc2ccccc2)C(=O)C1. The lowest BCUT2D eigenvalue weighted by Gasteiger charge is -2.34. The minimum Gasteiger partial charge on any atom is -0.481 e. The maximum Gasteiger partial charge on any atom is 0.317 e. The van der Waals surface area contributed by atoms with E-state index in [2.05, 4.69) is 5.32 Å². The highest BCUT2D eigenvalue weighted by Gasteiger charge is 2.26. The molecule has 2 rings (SSSR count). The first kappa shape index (κ1) is 17.8. The molecule has 24 heavy (non-hydrogen) atoms. The van der Waals surface area contributed by atoms with Crippen molar-refractivity contribution in [1.29, 1.82) is 0 Å². The van der Waals surface area contributed by atoms with Crippen LogP contribution >= 0.6 is 0 Å². The van der Waals surface area contributed by atoms with Crippen molar-refractivity contribution < 1.29 is 19.5 Å². The Bertz CT molecular complexity index is 576. The number of carbonyl (C=O) groups is 3. The second-order valence-electron chi connectivity index (χ2n) is 5.77. The van der Waals surface area contributed by atoms with Crippen molar-refractivity contribution in [3.63, 3.8) is 0 Å². The lowest BCUT2D eigenvalue weighted by Crippen LogP contribution is -2.55. The molecule has 0 bridgehead atoms. The Hall–Kier alpha value is -2.57. The molecular weight excluding hydrogens is 310 g/mol. The van der Waals surface area contributed by atoms with E-state index in [0.717, 1.165) is 6.42 Å². The Morgan fingerprint density at radius 1 is 1.17 bits per heavy atom. The molecule has 1 aliphatic rings. The number of hydrogen-bond acceptors (Lipinski definition) is 3. The topological polar surface area (TPSA) is 89.9 Å². The summed E-state index contributed by atoms with van der Waals surface area (Å²) in [5.74, 6) is -0.940. The van der Waals surface area contributed by atoms with Crippen LogP contribution in [-0.4, -0.2) is 65.5 Å². The van der Waals surface area contributed by atoms with E-state index in [0.29, 0.717) is 32.6 Å². The van der Waals surface area contributed by atoms with Crippen LogP contribution in [0.2, 0.25) is 0 Å². The summed E-state index contributed by atoms with van der Waals surface area (Å²) in [5.41, 5.74) is 1.18. The Morgan fingerprint density at radius 3 is 2.58 bits per heavy atom. The smallest absolute Gasteiger partial charge is 0.317 e. The van der Waals surface area contributed by atoms with Crippen LogP contribution in [0.3, 0.4) is 0 Å². The Balaban J connectivity index is 1.71.